The minimum Gasteiger partial charge on any atom is -0.481 e. The van der Waals surface area contributed by atoms with Gasteiger partial charge in [-0.2, -0.15) is 0 Å². The minimum absolute atomic E-state index is 0.205. The van der Waals surface area contributed by atoms with Crippen LogP contribution in [0.4, 0.5) is 13.2 Å². The second-order valence-electron chi connectivity index (χ2n) is 4.40. The number of benzene rings is 2. The fourth-order valence-corrected chi connectivity index (χ4v) is 2.07. The van der Waals surface area contributed by atoms with Crippen LogP contribution in [0, 0.1) is 17.5 Å². The van der Waals surface area contributed by atoms with Gasteiger partial charge in [0.05, 0.1) is 6.42 Å². The zero-order valence-electron chi connectivity index (χ0n) is 10.3. The molecule has 0 saturated carbocycles. The second-order valence-corrected chi connectivity index (χ2v) is 4.40. The molecule has 2 aromatic rings. The van der Waals surface area contributed by atoms with E-state index in [0.29, 0.717) is 11.6 Å². The van der Waals surface area contributed by atoms with Gasteiger partial charge in [0.15, 0.2) is 0 Å². The Morgan fingerprint density at radius 3 is 1.95 bits per heavy atom. The first-order valence-electron chi connectivity index (χ1n) is 5.89. The Morgan fingerprint density at radius 2 is 1.45 bits per heavy atom. The fraction of sp³-hybridized carbons (Fsp3) is 0.133. The van der Waals surface area contributed by atoms with E-state index in [-0.39, 0.29) is 12.0 Å². The summed E-state index contributed by atoms with van der Waals surface area (Å²) in [5.74, 6) is -3.87. The van der Waals surface area contributed by atoms with Gasteiger partial charge in [-0.1, -0.05) is 12.1 Å². The van der Waals surface area contributed by atoms with E-state index >= 15 is 0 Å². The highest BCUT2D eigenvalue weighted by atomic mass is 19.1. The monoisotopic (exact) mass is 280 g/mol. The summed E-state index contributed by atoms with van der Waals surface area (Å²) in [6.07, 6.45) is -0.339. The molecule has 0 fully saturated rings. The van der Waals surface area contributed by atoms with Crippen molar-refractivity contribution >= 4 is 5.97 Å². The molecule has 0 aliphatic rings. The fourth-order valence-electron chi connectivity index (χ4n) is 2.07. The lowest BCUT2D eigenvalue weighted by atomic mass is 9.88. The molecule has 2 aromatic carbocycles. The lowest BCUT2D eigenvalue weighted by Crippen LogP contribution is -2.09. The van der Waals surface area contributed by atoms with Gasteiger partial charge in [-0.25, -0.2) is 13.2 Å². The number of rotatable bonds is 4. The summed E-state index contributed by atoms with van der Waals surface area (Å²) in [5.41, 5.74) is 0.690. The Balaban J connectivity index is 2.46. The molecule has 0 radical (unpaired) electrons. The highest BCUT2D eigenvalue weighted by Gasteiger charge is 2.19. The van der Waals surface area contributed by atoms with E-state index in [1.807, 2.05) is 0 Å². The van der Waals surface area contributed by atoms with Crippen LogP contribution in [0.1, 0.15) is 23.5 Å². The maximum Gasteiger partial charge on any atom is 0.304 e. The van der Waals surface area contributed by atoms with E-state index in [4.69, 9.17) is 5.11 Å². The molecule has 1 atom stereocenters. The summed E-state index contributed by atoms with van der Waals surface area (Å²) >= 11 is 0. The standard InChI is InChI=1S/C15H11F3O2/c16-11-3-1-9(2-4-11)14(8-15(19)20)10-5-12(17)7-13(18)6-10/h1-7,14H,8H2,(H,19,20). The predicted octanol–water partition coefficient (Wildman–Crippen LogP) is 3.71. The molecule has 0 saturated heterocycles. The van der Waals surface area contributed by atoms with Gasteiger partial charge >= 0.3 is 5.97 Å². The van der Waals surface area contributed by atoms with E-state index in [9.17, 15) is 18.0 Å². The van der Waals surface area contributed by atoms with Gasteiger partial charge in [0, 0.05) is 12.0 Å². The van der Waals surface area contributed by atoms with E-state index in [2.05, 4.69) is 0 Å². The first-order chi connectivity index (χ1) is 9.45. The van der Waals surface area contributed by atoms with E-state index in [0.717, 1.165) is 12.1 Å². The van der Waals surface area contributed by atoms with Gasteiger partial charge in [0.1, 0.15) is 17.5 Å². The molecule has 104 valence electrons. The van der Waals surface area contributed by atoms with Gasteiger partial charge in [0.2, 0.25) is 0 Å². The van der Waals surface area contributed by atoms with Crippen molar-refractivity contribution in [3.8, 4) is 0 Å². The molecular weight excluding hydrogens is 269 g/mol. The van der Waals surface area contributed by atoms with Crippen LogP contribution in [0.15, 0.2) is 42.5 Å². The Kier molecular flexibility index (Phi) is 4.08. The quantitative estimate of drug-likeness (QED) is 0.927. The Bertz CT molecular complexity index is 603. The zero-order chi connectivity index (χ0) is 14.7. The van der Waals surface area contributed by atoms with E-state index < -0.39 is 29.3 Å². The molecule has 0 bridgehead atoms. The van der Waals surface area contributed by atoms with Gasteiger partial charge in [-0.3, -0.25) is 4.79 Å². The van der Waals surface area contributed by atoms with Gasteiger partial charge in [-0.15, -0.1) is 0 Å². The van der Waals surface area contributed by atoms with Crippen molar-refractivity contribution in [3.63, 3.8) is 0 Å². The van der Waals surface area contributed by atoms with Crippen LogP contribution in [0.5, 0.6) is 0 Å². The van der Waals surface area contributed by atoms with E-state index in [1.54, 1.807) is 0 Å². The van der Waals surface area contributed by atoms with Crippen LogP contribution >= 0.6 is 0 Å². The molecule has 0 amide bonds. The van der Waals surface area contributed by atoms with Crippen LogP contribution in [-0.2, 0) is 4.79 Å². The molecule has 1 N–H and O–H groups in total. The Hall–Kier alpha value is -2.30. The van der Waals surface area contributed by atoms with Crippen LogP contribution in [0.25, 0.3) is 0 Å². The minimum atomic E-state index is -1.11. The van der Waals surface area contributed by atoms with Gasteiger partial charge < -0.3 is 5.11 Å². The topological polar surface area (TPSA) is 37.3 Å². The largest absolute Gasteiger partial charge is 0.481 e. The zero-order valence-corrected chi connectivity index (χ0v) is 10.3. The maximum absolute atomic E-state index is 13.3. The summed E-state index contributed by atoms with van der Waals surface area (Å²) in [7, 11) is 0. The lowest BCUT2D eigenvalue weighted by Gasteiger charge is -2.16. The molecule has 20 heavy (non-hydrogen) atoms. The number of hydrogen-bond acceptors (Lipinski definition) is 1. The van der Waals surface area contributed by atoms with Crippen molar-refractivity contribution < 1.29 is 23.1 Å². The van der Waals surface area contributed by atoms with Crippen LogP contribution in [0.2, 0.25) is 0 Å². The molecule has 0 aliphatic heterocycles. The summed E-state index contributed by atoms with van der Waals surface area (Å²) in [6.45, 7) is 0. The van der Waals surface area contributed by atoms with Crippen LogP contribution < -0.4 is 0 Å². The molecule has 0 spiro atoms. The van der Waals surface area contributed by atoms with Crippen molar-refractivity contribution in [2.24, 2.45) is 0 Å². The third-order valence-corrected chi connectivity index (χ3v) is 2.94. The smallest absolute Gasteiger partial charge is 0.304 e. The average Bonchev–Trinajstić information content (AvgIpc) is 2.35. The number of halogens is 3. The van der Waals surface area contributed by atoms with Crippen molar-refractivity contribution in [1.29, 1.82) is 0 Å². The average molecular weight is 280 g/mol. The van der Waals surface area contributed by atoms with Gasteiger partial charge in [-0.05, 0) is 35.4 Å². The Labute approximate surface area is 113 Å². The lowest BCUT2D eigenvalue weighted by molar-refractivity contribution is -0.137. The number of hydrogen-bond donors (Lipinski definition) is 1. The van der Waals surface area contributed by atoms with Crippen molar-refractivity contribution in [2.45, 2.75) is 12.3 Å². The predicted molar refractivity (Wildman–Crippen MR) is 66.9 cm³/mol. The second kappa shape index (κ2) is 5.77. The molecule has 5 heteroatoms. The molecule has 2 rings (SSSR count). The normalized spacial score (nSPS) is 12.2. The molecular formula is C15H11F3O2. The molecule has 0 aliphatic carbocycles. The van der Waals surface area contributed by atoms with Crippen molar-refractivity contribution in [3.05, 3.63) is 71.0 Å². The highest BCUT2D eigenvalue weighted by molar-refractivity contribution is 5.69. The van der Waals surface area contributed by atoms with E-state index in [1.165, 1.54) is 24.3 Å². The number of carboxylic acid groups (broad SMARTS) is 1. The number of carbonyl (C=O) groups is 1. The summed E-state index contributed by atoms with van der Waals surface area (Å²) in [4.78, 5) is 10.9. The number of carboxylic acids is 1. The summed E-state index contributed by atoms with van der Waals surface area (Å²) < 4.78 is 39.4. The molecule has 1 unspecified atom stereocenters. The van der Waals surface area contributed by atoms with Crippen molar-refractivity contribution in [2.75, 3.05) is 0 Å². The summed E-state index contributed by atoms with van der Waals surface area (Å²) in [6, 6.07) is 8.06. The summed E-state index contributed by atoms with van der Waals surface area (Å²) in [5, 5.41) is 8.94. The number of aliphatic carboxylic acids is 1. The molecule has 2 nitrogen and oxygen atoms in total. The first kappa shape index (κ1) is 14.1. The van der Waals surface area contributed by atoms with Crippen LogP contribution in [-0.4, -0.2) is 11.1 Å². The molecule has 0 aromatic heterocycles. The third-order valence-electron chi connectivity index (χ3n) is 2.94. The molecule has 0 heterocycles. The van der Waals surface area contributed by atoms with Gasteiger partial charge in [0.25, 0.3) is 0 Å². The first-order valence-corrected chi connectivity index (χ1v) is 5.89. The maximum atomic E-state index is 13.3. The third kappa shape index (κ3) is 3.38. The Morgan fingerprint density at radius 1 is 0.900 bits per heavy atom. The van der Waals surface area contributed by atoms with Crippen LogP contribution in [0.3, 0.4) is 0 Å². The highest BCUT2D eigenvalue weighted by Crippen LogP contribution is 2.29. The van der Waals surface area contributed by atoms with Crippen molar-refractivity contribution in [1.82, 2.24) is 0 Å². The SMILES string of the molecule is O=C(O)CC(c1ccc(F)cc1)c1cc(F)cc(F)c1.